The molecule has 0 aliphatic rings. The number of carbonyl (C=O) groups excluding carboxylic acids is 2. The lowest BCUT2D eigenvalue weighted by Gasteiger charge is -2.34. The van der Waals surface area contributed by atoms with Crippen molar-refractivity contribution in [2.24, 2.45) is 0 Å². The molecule has 4 aromatic carbocycles. The maximum absolute atomic E-state index is 14.6. The first-order valence-corrected chi connectivity index (χ1v) is 16.8. The van der Waals surface area contributed by atoms with Gasteiger partial charge in [0.1, 0.15) is 12.6 Å². The zero-order valence-electron chi connectivity index (χ0n) is 26.2. The number of sulfonamides is 1. The second kappa shape index (κ2) is 15.2. The van der Waals surface area contributed by atoms with Gasteiger partial charge in [-0.2, -0.15) is 0 Å². The molecule has 7 nitrogen and oxygen atoms in total. The lowest BCUT2D eigenvalue weighted by molar-refractivity contribution is -0.140. The Morgan fingerprint density at radius 3 is 2.18 bits per heavy atom. The molecule has 0 unspecified atom stereocenters. The van der Waals surface area contributed by atoms with E-state index in [4.69, 9.17) is 11.6 Å². The van der Waals surface area contributed by atoms with Gasteiger partial charge in [0, 0.05) is 24.5 Å². The summed E-state index contributed by atoms with van der Waals surface area (Å²) in [4.78, 5) is 29.9. The number of hydrogen-bond acceptors (Lipinski definition) is 4. The summed E-state index contributed by atoms with van der Waals surface area (Å²) in [6.45, 7) is 7.60. The Morgan fingerprint density at radius 2 is 1.51 bits per heavy atom. The van der Waals surface area contributed by atoms with Gasteiger partial charge in [0.25, 0.3) is 10.0 Å². The molecule has 0 saturated carbocycles. The van der Waals surface area contributed by atoms with E-state index in [1.807, 2.05) is 75.4 Å². The summed E-state index contributed by atoms with van der Waals surface area (Å²) in [5.74, 6) is -0.810. The largest absolute Gasteiger partial charge is 0.354 e. The molecule has 0 aliphatic heterocycles. The number of amides is 2. The van der Waals surface area contributed by atoms with Crippen molar-refractivity contribution in [3.05, 3.63) is 130 Å². The minimum Gasteiger partial charge on any atom is -0.354 e. The van der Waals surface area contributed by atoms with E-state index >= 15 is 0 Å². The van der Waals surface area contributed by atoms with E-state index < -0.39 is 28.5 Å². The number of halogens is 1. The molecular weight excluding hydrogens is 606 g/mol. The summed E-state index contributed by atoms with van der Waals surface area (Å²) >= 11 is 6.36. The van der Waals surface area contributed by atoms with Gasteiger partial charge in [-0.05, 0) is 73.7 Å². The van der Waals surface area contributed by atoms with Gasteiger partial charge >= 0.3 is 0 Å². The van der Waals surface area contributed by atoms with Crippen LogP contribution >= 0.6 is 11.6 Å². The Labute approximate surface area is 271 Å². The van der Waals surface area contributed by atoms with Crippen molar-refractivity contribution in [2.45, 2.75) is 58.0 Å². The topological polar surface area (TPSA) is 86.8 Å². The van der Waals surface area contributed by atoms with E-state index in [-0.39, 0.29) is 23.8 Å². The molecule has 1 atom stereocenters. The third kappa shape index (κ3) is 8.53. The highest BCUT2D eigenvalue weighted by Gasteiger charge is 2.35. The maximum atomic E-state index is 14.6. The highest BCUT2D eigenvalue weighted by Crippen LogP contribution is 2.30. The van der Waals surface area contributed by atoms with Crippen LogP contribution in [0.3, 0.4) is 0 Å². The zero-order valence-corrected chi connectivity index (χ0v) is 27.7. The van der Waals surface area contributed by atoms with Gasteiger partial charge in [-0.25, -0.2) is 8.42 Å². The van der Waals surface area contributed by atoms with Crippen LogP contribution in [0.2, 0.25) is 5.02 Å². The van der Waals surface area contributed by atoms with Crippen LogP contribution in [0.25, 0.3) is 0 Å². The molecule has 1 N–H and O–H groups in total. The Kier molecular flexibility index (Phi) is 11.4. The quantitative estimate of drug-likeness (QED) is 0.177. The van der Waals surface area contributed by atoms with Crippen LogP contribution < -0.4 is 9.62 Å². The first-order chi connectivity index (χ1) is 21.5. The van der Waals surface area contributed by atoms with Gasteiger partial charge < -0.3 is 10.2 Å². The van der Waals surface area contributed by atoms with E-state index in [1.165, 1.54) is 17.0 Å². The second-order valence-corrected chi connectivity index (χ2v) is 13.5. The number of benzene rings is 4. The molecule has 236 valence electrons. The average Bonchev–Trinajstić information content (AvgIpc) is 3.03. The molecule has 0 heterocycles. The summed E-state index contributed by atoms with van der Waals surface area (Å²) in [5.41, 5.74) is 4.53. The van der Waals surface area contributed by atoms with Gasteiger partial charge in [-0.15, -0.1) is 0 Å². The number of hydrogen-bond donors (Lipinski definition) is 1. The normalized spacial score (nSPS) is 11.9. The minimum atomic E-state index is -4.21. The molecule has 0 spiro atoms. The Bertz CT molecular complexity index is 1730. The Balaban J connectivity index is 1.83. The number of aryl methyl sites for hydroxylation is 3. The van der Waals surface area contributed by atoms with Crippen molar-refractivity contribution in [2.75, 3.05) is 17.4 Å². The number of carbonyl (C=O) groups is 2. The smallest absolute Gasteiger partial charge is 0.264 e. The molecule has 0 fully saturated rings. The number of anilines is 1. The number of nitrogens with zero attached hydrogens (tertiary/aromatic N) is 2. The van der Waals surface area contributed by atoms with Crippen molar-refractivity contribution < 1.29 is 18.0 Å². The van der Waals surface area contributed by atoms with E-state index in [0.29, 0.717) is 22.8 Å². The van der Waals surface area contributed by atoms with Gasteiger partial charge in [-0.3, -0.25) is 13.9 Å². The fraction of sp³-hybridized carbons (Fsp3) is 0.278. The first kappa shape index (κ1) is 33.7. The van der Waals surface area contributed by atoms with E-state index in [2.05, 4.69) is 5.32 Å². The van der Waals surface area contributed by atoms with Gasteiger partial charge in [0.05, 0.1) is 10.6 Å². The van der Waals surface area contributed by atoms with Crippen LogP contribution in [0, 0.1) is 20.8 Å². The third-order valence-corrected chi connectivity index (χ3v) is 9.76. The summed E-state index contributed by atoms with van der Waals surface area (Å²) in [7, 11) is -4.21. The monoisotopic (exact) mass is 645 g/mol. The third-order valence-electron chi connectivity index (χ3n) is 7.75. The summed E-state index contributed by atoms with van der Waals surface area (Å²) in [6.07, 6.45) is 0.987. The zero-order chi connectivity index (χ0) is 32.6. The van der Waals surface area contributed by atoms with Gasteiger partial charge in [0.15, 0.2) is 0 Å². The standard InChI is InChI=1S/C36H40ClN3O4S/c1-5-21-38-36(42)34(22-29-12-7-6-8-13-29)39(24-30-14-10-9-11-27(30)3)35(41)25-40(33-23-31(37)18-17-28(33)4)45(43,44)32-19-15-26(2)16-20-32/h6-20,23,34H,5,21-22,24-25H2,1-4H3,(H,38,42)/t34-/m1/s1. The van der Waals surface area contributed by atoms with E-state index in [1.54, 1.807) is 37.3 Å². The van der Waals surface area contributed by atoms with E-state index in [0.717, 1.165) is 33.0 Å². The second-order valence-electron chi connectivity index (χ2n) is 11.2. The van der Waals surface area contributed by atoms with Gasteiger partial charge in [-0.1, -0.05) is 96.9 Å². The minimum absolute atomic E-state index is 0.0484. The Hall–Kier alpha value is -4.14. The molecule has 0 radical (unpaired) electrons. The predicted molar refractivity (Wildman–Crippen MR) is 181 cm³/mol. The molecule has 45 heavy (non-hydrogen) atoms. The SMILES string of the molecule is CCCNC(=O)[C@@H](Cc1ccccc1)N(Cc1ccccc1C)C(=O)CN(c1cc(Cl)ccc1C)S(=O)(=O)c1ccc(C)cc1. The van der Waals surface area contributed by atoms with Crippen LogP contribution in [0.15, 0.2) is 102 Å². The fourth-order valence-corrected chi connectivity index (χ4v) is 6.73. The fourth-order valence-electron chi connectivity index (χ4n) is 5.09. The lowest BCUT2D eigenvalue weighted by atomic mass is 10.0. The Morgan fingerprint density at radius 1 is 0.844 bits per heavy atom. The summed E-state index contributed by atoms with van der Waals surface area (Å²) in [6, 6.07) is 27.7. The molecular formula is C36H40ClN3O4S. The van der Waals surface area contributed by atoms with Crippen LogP contribution in [0.4, 0.5) is 5.69 Å². The van der Waals surface area contributed by atoms with Crippen molar-refractivity contribution in [3.8, 4) is 0 Å². The molecule has 4 rings (SSSR count). The van der Waals surface area contributed by atoms with Crippen molar-refractivity contribution in [3.63, 3.8) is 0 Å². The van der Waals surface area contributed by atoms with Crippen LogP contribution in [0.5, 0.6) is 0 Å². The highest BCUT2D eigenvalue weighted by molar-refractivity contribution is 7.92. The first-order valence-electron chi connectivity index (χ1n) is 15.0. The molecule has 0 saturated heterocycles. The van der Waals surface area contributed by atoms with Crippen molar-refractivity contribution >= 4 is 39.1 Å². The van der Waals surface area contributed by atoms with E-state index in [9.17, 15) is 18.0 Å². The van der Waals surface area contributed by atoms with Crippen LogP contribution in [-0.2, 0) is 32.6 Å². The molecule has 0 bridgehead atoms. The molecule has 9 heteroatoms. The number of nitrogens with one attached hydrogen (secondary N) is 1. The highest BCUT2D eigenvalue weighted by atomic mass is 35.5. The maximum Gasteiger partial charge on any atom is 0.264 e. The molecule has 4 aromatic rings. The van der Waals surface area contributed by atoms with Crippen molar-refractivity contribution in [1.82, 2.24) is 10.2 Å². The van der Waals surface area contributed by atoms with Crippen LogP contribution in [0.1, 0.15) is 41.2 Å². The molecule has 2 amide bonds. The molecule has 0 aliphatic carbocycles. The lowest BCUT2D eigenvalue weighted by Crippen LogP contribution is -2.53. The van der Waals surface area contributed by atoms with Crippen LogP contribution in [-0.4, -0.2) is 44.3 Å². The van der Waals surface area contributed by atoms with Crippen molar-refractivity contribution in [1.29, 1.82) is 0 Å². The van der Waals surface area contributed by atoms with Gasteiger partial charge in [0.2, 0.25) is 11.8 Å². The molecule has 0 aromatic heterocycles. The summed E-state index contributed by atoms with van der Waals surface area (Å²) < 4.78 is 29.6. The predicted octanol–water partition coefficient (Wildman–Crippen LogP) is 6.63. The number of rotatable bonds is 13. The average molecular weight is 646 g/mol. The summed E-state index contributed by atoms with van der Waals surface area (Å²) in [5, 5.41) is 3.31.